The maximum atomic E-state index is 13.2. The average molecular weight is 209 g/mol. The van der Waals surface area contributed by atoms with Crippen LogP contribution in [-0.2, 0) is 5.41 Å². The van der Waals surface area contributed by atoms with E-state index in [2.05, 4.69) is 6.07 Å². The Morgan fingerprint density at radius 3 is 2.53 bits per heavy atom. The molecule has 0 bridgehead atoms. The van der Waals surface area contributed by atoms with Crippen LogP contribution in [0, 0.1) is 17.1 Å². The van der Waals surface area contributed by atoms with Gasteiger partial charge in [-0.3, -0.25) is 0 Å². The molecule has 1 rings (SSSR count). The summed E-state index contributed by atoms with van der Waals surface area (Å²) in [7, 11) is 1.31. The van der Waals surface area contributed by atoms with Crippen molar-refractivity contribution < 1.29 is 14.2 Å². The van der Waals surface area contributed by atoms with Crippen LogP contribution in [0.15, 0.2) is 12.1 Å². The lowest BCUT2D eigenvalue weighted by molar-refractivity contribution is 0.362. The van der Waals surface area contributed by atoms with Gasteiger partial charge in [-0.25, -0.2) is 0 Å². The highest BCUT2D eigenvalue weighted by Crippen LogP contribution is 2.33. The molecule has 0 aliphatic carbocycles. The molecule has 0 atom stereocenters. The molecule has 0 radical (unpaired) electrons. The van der Waals surface area contributed by atoms with Crippen molar-refractivity contribution in [3.8, 4) is 17.6 Å². The van der Waals surface area contributed by atoms with E-state index in [4.69, 9.17) is 10.00 Å². The van der Waals surface area contributed by atoms with Gasteiger partial charge in [-0.05, 0) is 31.5 Å². The molecule has 0 saturated carbocycles. The van der Waals surface area contributed by atoms with Crippen molar-refractivity contribution in [2.45, 2.75) is 19.3 Å². The summed E-state index contributed by atoms with van der Waals surface area (Å²) >= 11 is 0. The van der Waals surface area contributed by atoms with Crippen LogP contribution in [0.3, 0.4) is 0 Å². The first-order valence-corrected chi connectivity index (χ1v) is 4.40. The number of methoxy groups -OCH3 is 1. The Balaban J connectivity index is 3.36. The Hall–Kier alpha value is -1.76. The van der Waals surface area contributed by atoms with Gasteiger partial charge in [0.25, 0.3) is 0 Å². The summed E-state index contributed by atoms with van der Waals surface area (Å²) in [5.41, 5.74) is -0.279. The number of halogens is 1. The number of ether oxygens (including phenoxy) is 1. The first-order chi connectivity index (χ1) is 6.92. The molecule has 80 valence electrons. The average Bonchev–Trinajstić information content (AvgIpc) is 2.21. The lowest BCUT2D eigenvalue weighted by atomic mass is 9.86. The smallest absolute Gasteiger partial charge is 0.206 e. The summed E-state index contributed by atoms with van der Waals surface area (Å²) in [5, 5.41) is 18.2. The third kappa shape index (κ3) is 2.01. The van der Waals surface area contributed by atoms with E-state index in [1.54, 1.807) is 13.8 Å². The number of phenols is 1. The standard InChI is InChI=1S/C11H12FNO2/c1-11(2,6-13)7-4-8(14)10(12)9(5-7)15-3/h4-5,14H,1-3H3. The third-order valence-electron chi connectivity index (χ3n) is 2.24. The van der Waals surface area contributed by atoms with E-state index in [1.165, 1.54) is 19.2 Å². The highest BCUT2D eigenvalue weighted by Gasteiger charge is 2.23. The predicted molar refractivity (Wildman–Crippen MR) is 53.3 cm³/mol. The quantitative estimate of drug-likeness (QED) is 0.813. The van der Waals surface area contributed by atoms with Crippen molar-refractivity contribution in [2.24, 2.45) is 0 Å². The highest BCUT2D eigenvalue weighted by molar-refractivity contribution is 5.44. The number of hydrogen-bond acceptors (Lipinski definition) is 3. The molecule has 0 spiro atoms. The first-order valence-electron chi connectivity index (χ1n) is 4.40. The van der Waals surface area contributed by atoms with Gasteiger partial charge in [-0.1, -0.05) is 0 Å². The summed E-state index contributed by atoms with van der Waals surface area (Å²) in [5.74, 6) is -1.38. The van der Waals surface area contributed by atoms with E-state index < -0.39 is 17.0 Å². The SMILES string of the molecule is COc1cc(C(C)(C)C#N)cc(O)c1F. The van der Waals surface area contributed by atoms with Crippen molar-refractivity contribution in [3.05, 3.63) is 23.5 Å². The number of nitrogens with zero attached hydrogens (tertiary/aromatic N) is 1. The Labute approximate surface area is 87.7 Å². The molecule has 1 aromatic carbocycles. The summed E-state index contributed by atoms with van der Waals surface area (Å²) in [4.78, 5) is 0. The van der Waals surface area contributed by atoms with Crippen LogP contribution in [0.2, 0.25) is 0 Å². The Bertz CT molecular complexity index is 421. The third-order valence-corrected chi connectivity index (χ3v) is 2.24. The molecule has 3 nitrogen and oxygen atoms in total. The van der Waals surface area contributed by atoms with Crippen molar-refractivity contribution in [3.63, 3.8) is 0 Å². The molecule has 0 saturated heterocycles. The van der Waals surface area contributed by atoms with Gasteiger partial charge in [0.1, 0.15) is 0 Å². The first kappa shape index (κ1) is 11.3. The van der Waals surface area contributed by atoms with Crippen LogP contribution in [0.4, 0.5) is 4.39 Å². The molecule has 0 heterocycles. The van der Waals surface area contributed by atoms with Gasteiger partial charge in [0.05, 0.1) is 18.6 Å². The van der Waals surface area contributed by atoms with Gasteiger partial charge >= 0.3 is 0 Å². The molecule has 0 unspecified atom stereocenters. The minimum absolute atomic E-state index is 0.0617. The fourth-order valence-electron chi connectivity index (χ4n) is 1.16. The molecule has 0 aliphatic rings. The molecule has 0 amide bonds. The Kier molecular flexibility index (Phi) is 2.85. The molecule has 0 fully saturated rings. The van der Waals surface area contributed by atoms with E-state index in [9.17, 15) is 9.50 Å². The second-order valence-electron chi connectivity index (χ2n) is 3.75. The zero-order valence-corrected chi connectivity index (χ0v) is 8.84. The van der Waals surface area contributed by atoms with Gasteiger partial charge < -0.3 is 9.84 Å². The van der Waals surface area contributed by atoms with Crippen molar-refractivity contribution in [2.75, 3.05) is 7.11 Å². The van der Waals surface area contributed by atoms with E-state index in [0.717, 1.165) is 0 Å². The largest absolute Gasteiger partial charge is 0.505 e. The predicted octanol–water partition coefficient (Wildman–Crippen LogP) is 2.34. The summed E-state index contributed by atoms with van der Waals surface area (Å²) < 4.78 is 18.0. The van der Waals surface area contributed by atoms with Crippen molar-refractivity contribution in [1.82, 2.24) is 0 Å². The minimum Gasteiger partial charge on any atom is -0.505 e. The van der Waals surface area contributed by atoms with Gasteiger partial charge in [-0.2, -0.15) is 9.65 Å². The normalized spacial score (nSPS) is 10.9. The number of rotatable bonds is 2. The molecule has 1 N–H and O–H groups in total. The number of hydrogen-bond donors (Lipinski definition) is 1. The van der Waals surface area contributed by atoms with Gasteiger partial charge in [0.2, 0.25) is 5.82 Å². The molecular weight excluding hydrogens is 197 g/mol. The van der Waals surface area contributed by atoms with E-state index in [0.29, 0.717) is 5.56 Å². The number of nitriles is 1. The van der Waals surface area contributed by atoms with Crippen LogP contribution >= 0.6 is 0 Å². The molecule has 0 aliphatic heterocycles. The lowest BCUT2D eigenvalue weighted by Crippen LogP contribution is -2.14. The molecule has 1 aromatic rings. The monoisotopic (exact) mass is 209 g/mol. The molecule has 15 heavy (non-hydrogen) atoms. The maximum absolute atomic E-state index is 13.2. The van der Waals surface area contributed by atoms with E-state index in [1.807, 2.05) is 0 Å². The Morgan fingerprint density at radius 2 is 2.07 bits per heavy atom. The summed E-state index contributed by atoms with van der Waals surface area (Å²) in [6.45, 7) is 3.36. The summed E-state index contributed by atoms with van der Waals surface area (Å²) in [6, 6.07) is 4.72. The molecular formula is C11H12FNO2. The number of phenolic OH excluding ortho intramolecular Hbond substituents is 1. The van der Waals surface area contributed by atoms with Crippen LogP contribution in [-0.4, -0.2) is 12.2 Å². The zero-order chi connectivity index (χ0) is 11.6. The lowest BCUT2D eigenvalue weighted by Gasteiger charge is -2.17. The number of benzene rings is 1. The minimum atomic E-state index is -0.810. The maximum Gasteiger partial charge on any atom is 0.206 e. The highest BCUT2D eigenvalue weighted by atomic mass is 19.1. The number of aromatic hydroxyl groups is 1. The zero-order valence-electron chi connectivity index (χ0n) is 8.84. The second kappa shape index (κ2) is 3.77. The fourth-order valence-corrected chi connectivity index (χ4v) is 1.16. The van der Waals surface area contributed by atoms with Crippen LogP contribution in [0.1, 0.15) is 19.4 Å². The molecule has 0 aromatic heterocycles. The second-order valence-corrected chi connectivity index (χ2v) is 3.75. The van der Waals surface area contributed by atoms with E-state index in [-0.39, 0.29) is 5.75 Å². The van der Waals surface area contributed by atoms with Gasteiger partial charge in [-0.15, -0.1) is 0 Å². The fraction of sp³-hybridized carbons (Fsp3) is 0.364. The summed E-state index contributed by atoms with van der Waals surface area (Å²) in [6.07, 6.45) is 0. The topological polar surface area (TPSA) is 53.2 Å². The van der Waals surface area contributed by atoms with Gasteiger partial charge in [0.15, 0.2) is 11.5 Å². The van der Waals surface area contributed by atoms with Crippen molar-refractivity contribution in [1.29, 1.82) is 5.26 Å². The van der Waals surface area contributed by atoms with Gasteiger partial charge in [0, 0.05) is 0 Å². The Morgan fingerprint density at radius 1 is 1.47 bits per heavy atom. The van der Waals surface area contributed by atoms with E-state index >= 15 is 0 Å². The van der Waals surface area contributed by atoms with Crippen molar-refractivity contribution >= 4 is 0 Å². The molecule has 4 heteroatoms. The van der Waals surface area contributed by atoms with Crippen LogP contribution < -0.4 is 4.74 Å². The van der Waals surface area contributed by atoms with Crippen LogP contribution in [0.5, 0.6) is 11.5 Å². The van der Waals surface area contributed by atoms with Crippen LogP contribution in [0.25, 0.3) is 0 Å².